The molecule has 3 rings (SSSR count). The minimum absolute atomic E-state index is 0.0428. The highest BCUT2D eigenvalue weighted by Crippen LogP contribution is 2.24. The number of nitrogens with zero attached hydrogens (tertiary/aromatic N) is 4. The summed E-state index contributed by atoms with van der Waals surface area (Å²) in [5.41, 5.74) is 0.635. The Balaban J connectivity index is 1.74. The predicted molar refractivity (Wildman–Crippen MR) is 91.2 cm³/mol. The number of rotatable bonds is 5. The van der Waals surface area contributed by atoms with Crippen molar-refractivity contribution in [3.8, 4) is 5.88 Å². The standard InChI is InChI=1S/C18H24N4O2/c1-3-16-19-9-11-22(16)15-6-5-10-21(13-15)18(23)14-7-8-20-17(12-14)24-4-2/h7-9,11-12,15H,3-6,10,13H2,1-2H3. The first-order valence-corrected chi connectivity index (χ1v) is 8.62. The maximum absolute atomic E-state index is 12.8. The van der Waals surface area contributed by atoms with E-state index in [1.165, 1.54) is 0 Å². The summed E-state index contributed by atoms with van der Waals surface area (Å²) in [6.07, 6.45) is 8.48. The van der Waals surface area contributed by atoms with Crippen LogP contribution in [0.4, 0.5) is 0 Å². The molecule has 1 fully saturated rings. The fourth-order valence-corrected chi connectivity index (χ4v) is 3.27. The molecule has 128 valence electrons. The summed E-state index contributed by atoms with van der Waals surface area (Å²) in [5.74, 6) is 1.62. The molecule has 1 aliphatic rings. The molecule has 0 bridgehead atoms. The van der Waals surface area contributed by atoms with Gasteiger partial charge in [-0.3, -0.25) is 4.79 Å². The van der Waals surface area contributed by atoms with Crippen LogP contribution in [-0.4, -0.2) is 45.0 Å². The lowest BCUT2D eigenvalue weighted by Gasteiger charge is -2.34. The number of carbonyl (C=O) groups is 1. The average molecular weight is 328 g/mol. The zero-order chi connectivity index (χ0) is 16.9. The number of hydrogen-bond acceptors (Lipinski definition) is 4. The van der Waals surface area contributed by atoms with Crippen molar-refractivity contribution >= 4 is 5.91 Å². The van der Waals surface area contributed by atoms with E-state index in [9.17, 15) is 4.79 Å². The molecule has 2 aromatic rings. The molecule has 1 aliphatic heterocycles. The lowest BCUT2D eigenvalue weighted by molar-refractivity contribution is 0.0677. The van der Waals surface area contributed by atoms with Crippen LogP contribution in [0.25, 0.3) is 0 Å². The first-order valence-electron chi connectivity index (χ1n) is 8.62. The molecule has 0 aromatic carbocycles. The fourth-order valence-electron chi connectivity index (χ4n) is 3.27. The van der Waals surface area contributed by atoms with Gasteiger partial charge in [0.05, 0.1) is 12.6 Å². The second-order valence-electron chi connectivity index (χ2n) is 5.97. The number of hydrogen-bond donors (Lipinski definition) is 0. The quantitative estimate of drug-likeness (QED) is 0.847. The van der Waals surface area contributed by atoms with E-state index in [0.29, 0.717) is 30.6 Å². The highest BCUT2D eigenvalue weighted by Gasteiger charge is 2.26. The number of amides is 1. The van der Waals surface area contributed by atoms with Crippen LogP contribution in [0.15, 0.2) is 30.7 Å². The third-order valence-electron chi connectivity index (χ3n) is 4.42. The number of likely N-dealkylation sites (tertiary alicyclic amines) is 1. The van der Waals surface area contributed by atoms with Crippen LogP contribution < -0.4 is 4.74 Å². The van der Waals surface area contributed by atoms with E-state index < -0.39 is 0 Å². The summed E-state index contributed by atoms with van der Waals surface area (Å²) in [7, 11) is 0. The van der Waals surface area contributed by atoms with Crippen molar-refractivity contribution in [2.75, 3.05) is 19.7 Å². The number of ether oxygens (including phenoxy) is 1. The summed E-state index contributed by atoms with van der Waals surface area (Å²) in [6.45, 7) is 6.06. The van der Waals surface area contributed by atoms with Crippen LogP contribution in [0, 0.1) is 0 Å². The van der Waals surface area contributed by atoms with E-state index in [4.69, 9.17) is 4.74 Å². The molecule has 1 amide bonds. The Hall–Kier alpha value is -2.37. The largest absolute Gasteiger partial charge is 0.478 e. The van der Waals surface area contributed by atoms with Crippen molar-refractivity contribution in [3.05, 3.63) is 42.1 Å². The van der Waals surface area contributed by atoms with Gasteiger partial charge in [-0.15, -0.1) is 0 Å². The van der Waals surface area contributed by atoms with Gasteiger partial charge in [-0.1, -0.05) is 6.92 Å². The number of aromatic nitrogens is 3. The Kier molecular flexibility index (Phi) is 5.13. The van der Waals surface area contributed by atoms with Gasteiger partial charge in [0, 0.05) is 49.7 Å². The summed E-state index contributed by atoms with van der Waals surface area (Å²) in [4.78, 5) is 23.3. The molecule has 6 heteroatoms. The fraction of sp³-hybridized carbons (Fsp3) is 0.500. The van der Waals surface area contributed by atoms with E-state index >= 15 is 0 Å². The minimum Gasteiger partial charge on any atom is -0.478 e. The molecular weight excluding hydrogens is 304 g/mol. The molecule has 0 N–H and O–H groups in total. The van der Waals surface area contributed by atoms with E-state index in [1.807, 2.05) is 24.2 Å². The number of pyridine rings is 1. The Bertz CT molecular complexity index is 698. The SMILES string of the molecule is CCOc1cc(C(=O)N2CCCC(n3ccnc3CC)C2)ccn1. The molecule has 1 unspecified atom stereocenters. The molecule has 6 nitrogen and oxygen atoms in total. The predicted octanol–water partition coefficient (Wildman–Crippen LogP) is 2.72. The molecule has 3 heterocycles. The Labute approximate surface area is 142 Å². The zero-order valence-corrected chi connectivity index (χ0v) is 14.3. The van der Waals surface area contributed by atoms with E-state index in [-0.39, 0.29) is 5.91 Å². The normalized spacial score (nSPS) is 17.8. The smallest absolute Gasteiger partial charge is 0.254 e. The third kappa shape index (κ3) is 3.42. The van der Waals surface area contributed by atoms with Crippen molar-refractivity contribution in [2.24, 2.45) is 0 Å². The van der Waals surface area contributed by atoms with E-state index in [0.717, 1.165) is 31.6 Å². The van der Waals surface area contributed by atoms with Gasteiger partial charge in [-0.05, 0) is 25.8 Å². The van der Waals surface area contributed by atoms with E-state index in [2.05, 4.69) is 21.5 Å². The van der Waals surface area contributed by atoms with Crippen LogP contribution in [0.1, 0.15) is 48.9 Å². The Morgan fingerprint density at radius 2 is 2.21 bits per heavy atom. The number of piperidine rings is 1. The van der Waals surface area contributed by atoms with E-state index in [1.54, 1.807) is 18.3 Å². The number of imidazole rings is 1. The maximum Gasteiger partial charge on any atom is 0.254 e. The monoisotopic (exact) mass is 328 g/mol. The van der Waals surface area contributed by atoms with Crippen LogP contribution in [0.2, 0.25) is 0 Å². The third-order valence-corrected chi connectivity index (χ3v) is 4.42. The molecule has 1 saturated heterocycles. The molecule has 0 saturated carbocycles. The maximum atomic E-state index is 12.8. The van der Waals surface area contributed by atoms with Crippen LogP contribution >= 0.6 is 0 Å². The molecule has 0 aliphatic carbocycles. The highest BCUT2D eigenvalue weighted by atomic mass is 16.5. The number of carbonyl (C=O) groups excluding carboxylic acids is 1. The second-order valence-corrected chi connectivity index (χ2v) is 5.97. The van der Waals surface area contributed by atoms with Crippen LogP contribution in [0.5, 0.6) is 5.88 Å². The van der Waals surface area contributed by atoms with Crippen molar-refractivity contribution in [3.63, 3.8) is 0 Å². The summed E-state index contributed by atoms with van der Waals surface area (Å²) in [6, 6.07) is 3.78. The molecular formula is C18H24N4O2. The summed E-state index contributed by atoms with van der Waals surface area (Å²) < 4.78 is 7.62. The van der Waals surface area contributed by atoms with Crippen molar-refractivity contribution in [2.45, 2.75) is 39.2 Å². The topological polar surface area (TPSA) is 60.2 Å². The lowest BCUT2D eigenvalue weighted by Crippen LogP contribution is -2.41. The second kappa shape index (κ2) is 7.47. The van der Waals surface area contributed by atoms with Gasteiger partial charge in [0.25, 0.3) is 5.91 Å². The average Bonchev–Trinajstić information content (AvgIpc) is 3.10. The van der Waals surface area contributed by atoms with Gasteiger partial charge in [0.2, 0.25) is 5.88 Å². The molecule has 24 heavy (non-hydrogen) atoms. The molecule has 0 radical (unpaired) electrons. The molecule has 1 atom stereocenters. The van der Waals surface area contributed by atoms with Gasteiger partial charge in [0.15, 0.2) is 0 Å². The summed E-state index contributed by atoms with van der Waals surface area (Å²) in [5, 5.41) is 0. The first kappa shape index (κ1) is 16.5. The van der Waals surface area contributed by atoms with Gasteiger partial charge in [0.1, 0.15) is 5.82 Å². The van der Waals surface area contributed by atoms with Crippen molar-refractivity contribution in [1.29, 1.82) is 0 Å². The van der Waals surface area contributed by atoms with Crippen LogP contribution in [0.3, 0.4) is 0 Å². The number of aryl methyl sites for hydroxylation is 1. The molecule has 2 aromatic heterocycles. The minimum atomic E-state index is 0.0428. The van der Waals surface area contributed by atoms with Crippen molar-refractivity contribution in [1.82, 2.24) is 19.4 Å². The molecule has 0 spiro atoms. The van der Waals surface area contributed by atoms with Gasteiger partial charge in [-0.2, -0.15) is 0 Å². The Morgan fingerprint density at radius 1 is 1.33 bits per heavy atom. The van der Waals surface area contributed by atoms with Gasteiger partial charge in [-0.25, -0.2) is 9.97 Å². The highest BCUT2D eigenvalue weighted by molar-refractivity contribution is 5.94. The van der Waals surface area contributed by atoms with Gasteiger partial charge < -0.3 is 14.2 Å². The Morgan fingerprint density at radius 3 is 3.00 bits per heavy atom. The van der Waals surface area contributed by atoms with Gasteiger partial charge >= 0.3 is 0 Å². The first-order chi connectivity index (χ1) is 11.7. The van der Waals surface area contributed by atoms with Crippen molar-refractivity contribution < 1.29 is 9.53 Å². The zero-order valence-electron chi connectivity index (χ0n) is 14.3. The summed E-state index contributed by atoms with van der Waals surface area (Å²) >= 11 is 0. The lowest BCUT2D eigenvalue weighted by atomic mass is 10.0. The van der Waals surface area contributed by atoms with Crippen LogP contribution in [-0.2, 0) is 6.42 Å².